The molecule has 0 aliphatic rings. The lowest BCUT2D eigenvalue weighted by Gasteiger charge is -2.10. The van der Waals surface area contributed by atoms with Crippen LogP contribution in [0.2, 0.25) is 5.02 Å². The molecule has 0 bridgehead atoms. The van der Waals surface area contributed by atoms with Crippen molar-refractivity contribution in [3.8, 4) is 28.2 Å². The standard InChI is InChI=1S/C23H18BrClN2/c1-15-7-11-17(12-8-15)22-21(24)23(18-13-9-16(2)10-14-18)27(26-22)20-6-4-3-5-19(20)25/h3-14H,1-2H3. The van der Waals surface area contributed by atoms with Gasteiger partial charge in [-0.05, 0) is 41.9 Å². The number of benzene rings is 3. The minimum absolute atomic E-state index is 0.663. The summed E-state index contributed by atoms with van der Waals surface area (Å²) in [5, 5.41) is 5.59. The van der Waals surface area contributed by atoms with Crippen LogP contribution in [0.4, 0.5) is 0 Å². The molecule has 0 aliphatic heterocycles. The maximum Gasteiger partial charge on any atom is 0.108 e. The molecule has 2 nitrogen and oxygen atoms in total. The third-order valence-corrected chi connectivity index (χ3v) is 5.63. The lowest BCUT2D eigenvalue weighted by molar-refractivity contribution is 0.892. The fourth-order valence-electron chi connectivity index (χ4n) is 3.05. The molecule has 1 heterocycles. The van der Waals surface area contributed by atoms with Gasteiger partial charge in [0.05, 0.1) is 20.9 Å². The first-order valence-corrected chi connectivity index (χ1v) is 9.89. The van der Waals surface area contributed by atoms with Crippen molar-refractivity contribution in [3.05, 3.63) is 93.4 Å². The van der Waals surface area contributed by atoms with Crippen molar-refractivity contribution in [3.63, 3.8) is 0 Å². The molecule has 4 heteroatoms. The fourth-order valence-corrected chi connectivity index (χ4v) is 3.97. The third-order valence-electron chi connectivity index (χ3n) is 4.56. The van der Waals surface area contributed by atoms with Crippen LogP contribution in [0.3, 0.4) is 0 Å². The van der Waals surface area contributed by atoms with Gasteiger partial charge in [-0.3, -0.25) is 0 Å². The van der Waals surface area contributed by atoms with Crippen molar-refractivity contribution in [1.29, 1.82) is 0 Å². The first kappa shape index (κ1) is 18.0. The molecule has 4 rings (SSSR count). The van der Waals surface area contributed by atoms with E-state index >= 15 is 0 Å². The van der Waals surface area contributed by atoms with Crippen molar-refractivity contribution >= 4 is 27.5 Å². The molecular formula is C23H18BrClN2. The molecule has 0 amide bonds. The van der Waals surface area contributed by atoms with Gasteiger partial charge < -0.3 is 0 Å². The van der Waals surface area contributed by atoms with Gasteiger partial charge in [-0.25, -0.2) is 4.68 Å². The maximum absolute atomic E-state index is 6.50. The summed E-state index contributed by atoms with van der Waals surface area (Å²) in [6, 6.07) is 24.6. The molecule has 0 aliphatic carbocycles. The van der Waals surface area contributed by atoms with Crippen LogP contribution in [0, 0.1) is 13.8 Å². The highest BCUT2D eigenvalue weighted by Crippen LogP contribution is 2.39. The van der Waals surface area contributed by atoms with Crippen LogP contribution in [0.1, 0.15) is 11.1 Å². The summed E-state index contributed by atoms with van der Waals surface area (Å²) >= 11 is 10.3. The molecule has 27 heavy (non-hydrogen) atoms. The van der Waals surface area contributed by atoms with E-state index in [0.717, 1.165) is 32.7 Å². The molecule has 4 aromatic rings. The lowest BCUT2D eigenvalue weighted by Crippen LogP contribution is -2.00. The average Bonchev–Trinajstić information content (AvgIpc) is 3.00. The van der Waals surface area contributed by atoms with Crippen LogP contribution in [0.15, 0.2) is 77.3 Å². The second-order valence-electron chi connectivity index (χ2n) is 6.61. The fraction of sp³-hybridized carbons (Fsp3) is 0.0870. The second kappa shape index (κ2) is 7.34. The molecule has 3 aromatic carbocycles. The molecule has 0 radical (unpaired) electrons. The number of aromatic nitrogens is 2. The quantitative estimate of drug-likeness (QED) is 0.330. The van der Waals surface area contributed by atoms with Gasteiger partial charge in [0.2, 0.25) is 0 Å². The summed E-state index contributed by atoms with van der Waals surface area (Å²) in [7, 11) is 0. The zero-order chi connectivity index (χ0) is 19.0. The van der Waals surface area contributed by atoms with Crippen LogP contribution < -0.4 is 0 Å². The highest BCUT2D eigenvalue weighted by Gasteiger charge is 2.20. The second-order valence-corrected chi connectivity index (χ2v) is 7.81. The van der Waals surface area contributed by atoms with Gasteiger partial charge in [-0.15, -0.1) is 0 Å². The molecule has 134 valence electrons. The summed E-state index contributed by atoms with van der Waals surface area (Å²) in [6.45, 7) is 4.17. The zero-order valence-electron chi connectivity index (χ0n) is 15.1. The van der Waals surface area contributed by atoms with E-state index in [4.69, 9.17) is 16.7 Å². The van der Waals surface area contributed by atoms with E-state index < -0.39 is 0 Å². The number of rotatable bonds is 3. The molecule has 0 fully saturated rings. The zero-order valence-corrected chi connectivity index (χ0v) is 17.4. The predicted molar refractivity (Wildman–Crippen MR) is 117 cm³/mol. The Balaban J connectivity index is 1.99. The van der Waals surface area contributed by atoms with E-state index in [1.54, 1.807) is 0 Å². The predicted octanol–water partition coefficient (Wildman–Crippen LogP) is 7.24. The van der Waals surface area contributed by atoms with Crippen molar-refractivity contribution in [2.45, 2.75) is 13.8 Å². The number of nitrogens with zero attached hydrogens (tertiary/aromatic N) is 2. The van der Waals surface area contributed by atoms with E-state index in [9.17, 15) is 0 Å². The van der Waals surface area contributed by atoms with Gasteiger partial charge in [0.15, 0.2) is 0 Å². The van der Waals surface area contributed by atoms with E-state index in [-0.39, 0.29) is 0 Å². The molecule has 0 saturated carbocycles. The molecule has 0 unspecified atom stereocenters. The summed E-state index contributed by atoms with van der Waals surface area (Å²) in [5.74, 6) is 0. The van der Waals surface area contributed by atoms with Crippen LogP contribution >= 0.6 is 27.5 Å². The Hall–Kier alpha value is -2.36. The van der Waals surface area contributed by atoms with Crippen molar-refractivity contribution in [1.82, 2.24) is 9.78 Å². The van der Waals surface area contributed by atoms with E-state index in [2.05, 4.69) is 78.3 Å². The normalized spacial score (nSPS) is 11.0. The molecular weight excluding hydrogens is 420 g/mol. The summed E-state index contributed by atoms with van der Waals surface area (Å²) < 4.78 is 2.88. The summed E-state index contributed by atoms with van der Waals surface area (Å²) in [4.78, 5) is 0. The lowest BCUT2D eigenvalue weighted by atomic mass is 10.1. The van der Waals surface area contributed by atoms with Gasteiger partial charge in [-0.2, -0.15) is 5.10 Å². The Morgan fingerprint density at radius 3 is 1.93 bits per heavy atom. The van der Waals surface area contributed by atoms with Crippen LogP contribution in [0.25, 0.3) is 28.2 Å². The van der Waals surface area contributed by atoms with Gasteiger partial charge in [0.1, 0.15) is 5.69 Å². The van der Waals surface area contributed by atoms with Crippen LogP contribution in [-0.4, -0.2) is 9.78 Å². The van der Waals surface area contributed by atoms with Crippen molar-refractivity contribution in [2.24, 2.45) is 0 Å². The van der Waals surface area contributed by atoms with Crippen LogP contribution in [0.5, 0.6) is 0 Å². The monoisotopic (exact) mass is 436 g/mol. The Kier molecular flexibility index (Phi) is 4.90. The highest BCUT2D eigenvalue weighted by atomic mass is 79.9. The van der Waals surface area contributed by atoms with Crippen molar-refractivity contribution < 1.29 is 0 Å². The number of halogens is 2. The minimum atomic E-state index is 0.663. The molecule has 0 spiro atoms. The van der Waals surface area contributed by atoms with Crippen LogP contribution in [-0.2, 0) is 0 Å². The Morgan fingerprint density at radius 1 is 0.778 bits per heavy atom. The van der Waals surface area contributed by atoms with Gasteiger partial charge >= 0.3 is 0 Å². The Labute approximate surface area is 172 Å². The molecule has 0 saturated heterocycles. The first-order chi connectivity index (χ1) is 13.0. The van der Waals surface area contributed by atoms with Gasteiger partial charge in [-0.1, -0.05) is 83.4 Å². The average molecular weight is 438 g/mol. The largest absolute Gasteiger partial charge is 0.230 e. The minimum Gasteiger partial charge on any atom is -0.230 e. The molecule has 0 atom stereocenters. The molecule has 0 N–H and O–H groups in total. The Morgan fingerprint density at radius 2 is 1.33 bits per heavy atom. The number of hydrogen-bond acceptors (Lipinski definition) is 1. The smallest absolute Gasteiger partial charge is 0.108 e. The molecule has 1 aromatic heterocycles. The number of hydrogen-bond donors (Lipinski definition) is 0. The summed E-state index contributed by atoms with van der Waals surface area (Å²) in [6.07, 6.45) is 0. The topological polar surface area (TPSA) is 17.8 Å². The first-order valence-electron chi connectivity index (χ1n) is 8.72. The third kappa shape index (κ3) is 3.45. The number of aryl methyl sites for hydroxylation is 2. The number of para-hydroxylation sites is 1. The van der Waals surface area contributed by atoms with E-state index in [1.165, 1.54) is 11.1 Å². The highest BCUT2D eigenvalue weighted by molar-refractivity contribution is 9.10. The maximum atomic E-state index is 6.50. The SMILES string of the molecule is Cc1ccc(-c2nn(-c3ccccc3Cl)c(-c3ccc(C)cc3)c2Br)cc1. The van der Waals surface area contributed by atoms with E-state index in [0.29, 0.717) is 5.02 Å². The Bertz CT molecular complexity index is 1100. The van der Waals surface area contributed by atoms with Crippen molar-refractivity contribution in [2.75, 3.05) is 0 Å². The van der Waals surface area contributed by atoms with Gasteiger partial charge in [0.25, 0.3) is 0 Å². The summed E-state index contributed by atoms with van der Waals surface area (Å²) in [5.41, 5.74) is 7.32. The van der Waals surface area contributed by atoms with E-state index in [1.807, 2.05) is 28.9 Å². The van der Waals surface area contributed by atoms with Gasteiger partial charge in [0, 0.05) is 11.1 Å².